The van der Waals surface area contributed by atoms with E-state index >= 15 is 0 Å². The van der Waals surface area contributed by atoms with Crippen molar-refractivity contribution in [3.8, 4) is 0 Å². The zero-order valence-corrected chi connectivity index (χ0v) is 5.87. The van der Waals surface area contributed by atoms with Crippen LogP contribution in [0.2, 0.25) is 0 Å². The lowest BCUT2D eigenvalue weighted by atomic mass is 10.2. The van der Waals surface area contributed by atoms with E-state index in [9.17, 15) is 4.79 Å². The van der Waals surface area contributed by atoms with E-state index in [4.69, 9.17) is 4.74 Å². The van der Waals surface area contributed by atoms with Gasteiger partial charge in [0.05, 0.1) is 19.1 Å². The number of ether oxygens (including phenoxy) is 2. The highest BCUT2D eigenvalue weighted by molar-refractivity contribution is 5.77. The molecule has 3 atom stereocenters. The molecule has 0 spiro atoms. The zero-order valence-electron chi connectivity index (χ0n) is 5.87. The summed E-state index contributed by atoms with van der Waals surface area (Å²) in [6.07, 6.45) is 1.23. The van der Waals surface area contributed by atoms with E-state index in [2.05, 4.69) is 4.74 Å². The summed E-state index contributed by atoms with van der Waals surface area (Å²) in [6, 6.07) is 0. The average Bonchev–Trinajstić information content (AvgIpc) is 2.43. The summed E-state index contributed by atoms with van der Waals surface area (Å²) in [5.74, 6) is 0.445. The van der Waals surface area contributed by atoms with Crippen molar-refractivity contribution in [1.82, 2.24) is 0 Å². The molecule has 1 saturated heterocycles. The van der Waals surface area contributed by atoms with Crippen molar-refractivity contribution in [3.63, 3.8) is 0 Å². The molecule has 3 heteroatoms. The summed E-state index contributed by atoms with van der Waals surface area (Å²) >= 11 is 0. The van der Waals surface area contributed by atoms with Crippen LogP contribution in [0, 0.1) is 11.8 Å². The van der Waals surface area contributed by atoms with Crippen molar-refractivity contribution in [1.29, 1.82) is 0 Å². The maximum Gasteiger partial charge on any atom is 0.311 e. The van der Waals surface area contributed by atoms with E-state index in [0.29, 0.717) is 5.92 Å². The van der Waals surface area contributed by atoms with E-state index in [-0.39, 0.29) is 18.0 Å². The molecular formula is C7H10O3. The molecular weight excluding hydrogens is 132 g/mol. The smallest absolute Gasteiger partial charge is 0.311 e. The molecule has 0 amide bonds. The topological polar surface area (TPSA) is 35.5 Å². The van der Waals surface area contributed by atoms with Crippen molar-refractivity contribution >= 4 is 5.97 Å². The lowest BCUT2D eigenvalue weighted by molar-refractivity contribution is -0.143. The third-order valence-electron chi connectivity index (χ3n) is 2.33. The summed E-state index contributed by atoms with van der Waals surface area (Å²) in [6.45, 7) is 0.822. The summed E-state index contributed by atoms with van der Waals surface area (Å²) < 4.78 is 9.85. The van der Waals surface area contributed by atoms with E-state index < -0.39 is 0 Å². The van der Waals surface area contributed by atoms with Gasteiger partial charge in [0.15, 0.2) is 0 Å². The molecule has 2 fully saturated rings. The Balaban J connectivity index is 1.94. The van der Waals surface area contributed by atoms with Gasteiger partial charge in [-0.1, -0.05) is 0 Å². The van der Waals surface area contributed by atoms with Crippen LogP contribution in [-0.4, -0.2) is 25.8 Å². The second kappa shape index (κ2) is 1.95. The molecule has 0 aromatic rings. The lowest BCUT2D eigenvalue weighted by Gasteiger charge is -1.99. The highest BCUT2D eigenvalue weighted by atomic mass is 16.5. The molecule has 1 saturated carbocycles. The Morgan fingerprint density at radius 1 is 1.70 bits per heavy atom. The van der Waals surface area contributed by atoms with Gasteiger partial charge in [-0.15, -0.1) is 0 Å². The van der Waals surface area contributed by atoms with Gasteiger partial charge in [0.1, 0.15) is 0 Å². The first-order chi connectivity index (χ1) is 4.84. The molecule has 0 aromatic carbocycles. The SMILES string of the molecule is COC(=O)[C@H]1[C@@H]2CCO[C@@H]21. The van der Waals surface area contributed by atoms with Crippen LogP contribution in [-0.2, 0) is 14.3 Å². The second-order valence-electron chi connectivity index (χ2n) is 2.84. The summed E-state index contributed by atoms with van der Waals surface area (Å²) in [7, 11) is 1.43. The van der Waals surface area contributed by atoms with Gasteiger partial charge in [-0.05, 0) is 6.42 Å². The molecule has 1 aliphatic carbocycles. The monoisotopic (exact) mass is 142 g/mol. The summed E-state index contributed by atoms with van der Waals surface area (Å²) in [5.41, 5.74) is 0. The maximum atomic E-state index is 10.9. The van der Waals surface area contributed by atoms with Gasteiger partial charge < -0.3 is 9.47 Å². The number of hydrogen-bond donors (Lipinski definition) is 0. The van der Waals surface area contributed by atoms with Gasteiger partial charge in [0.2, 0.25) is 0 Å². The number of esters is 1. The minimum atomic E-state index is -0.102. The Morgan fingerprint density at radius 3 is 3.00 bits per heavy atom. The standard InChI is InChI=1S/C7H10O3/c1-9-7(8)5-4-2-3-10-6(4)5/h4-6H,2-3H2,1H3/t4-,5-,6-/m0/s1. The van der Waals surface area contributed by atoms with E-state index in [1.165, 1.54) is 7.11 Å². The molecule has 3 nitrogen and oxygen atoms in total. The highest BCUT2D eigenvalue weighted by Gasteiger charge is 2.59. The van der Waals surface area contributed by atoms with Crippen molar-refractivity contribution < 1.29 is 14.3 Å². The Kier molecular flexibility index (Phi) is 1.20. The van der Waals surface area contributed by atoms with Crippen LogP contribution in [0.3, 0.4) is 0 Å². The van der Waals surface area contributed by atoms with Gasteiger partial charge in [-0.3, -0.25) is 4.79 Å². The van der Waals surface area contributed by atoms with Crippen LogP contribution >= 0.6 is 0 Å². The van der Waals surface area contributed by atoms with Crippen LogP contribution in [0.25, 0.3) is 0 Å². The second-order valence-corrected chi connectivity index (χ2v) is 2.84. The fourth-order valence-corrected chi connectivity index (χ4v) is 1.70. The molecule has 1 heterocycles. The van der Waals surface area contributed by atoms with Crippen molar-refractivity contribution in [2.75, 3.05) is 13.7 Å². The molecule has 2 aliphatic rings. The van der Waals surface area contributed by atoms with Crippen LogP contribution in [0.5, 0.6) is 0 Å². The quantitative estimate of drug-likeness (QED) is 0.490. The van der Waals surface area contributed by atoms with Crippen molar-refractivity contribution in [3.05, 3.63) is 0 Å². The minimum absolute atomic E-state index is 0.0683. The van der Waals surface area contributed by atoms with Crippen LogP contribution < -0.4 is 0 Å². The summed E-state index contributed by atoms with van der Waals surface area (Å²) in [5, 5.41) is 0. The first kappa shape index (κ1) is 6.16. The molecule has 56 valence electrons. The predicted octanol–water partition coefficient (Wildman–Crippen LogP) is 0.194. The predicted molar refractivity (Wildman–Crippen MR) is 33.4 cm³/mol. The Labute approximate surface area is 59.3 Å². The fraction of sp³-hybridized carbons (Fsp3) is 0.857. The summed E-state index contributed by atoms with van der Waals surface area (Å²) in [4.78, 5) is 10.9. The highest BCUT2D eigenvalue weighted by Crippen LogP contribution is 2.49. The molecule has 2 rings (SSSR count). The molecule has 0 N–H and O–H groups in total. The number of carbonyl (C=O) groups excluding carboxylic acids is 1. The van der Waals surface area contributed by atoms with Gasteiger partial charge in [-0.2, -0.15) is 0 Å². The van der Waals surface area contributed by atoms with Crippen LogP contribution in [0.15, 0.2) is 0 Å². The third kappa shape index (κ3) is 0.669. The lowest BCUT2D eigenvalue weighted by Crippen LogP contribution is -2.10. The van der Waals surface area contributed by atoms with Gasteiger partial charge in [0, 0.05) is 12.5 Å². The molecule has 1 aliphatic heterocycles. The first-order valence-electron chi connectivity index (χ1n) is 3.54. The Morgan fingerprint density at radius 2 is 2.50 bits per heavy atom. The average molecular weight is 142 g/mol. The number of methoxy groups -OCH3 is 1. The fourth-order valence-electron chi connectivity index (χ4n) is 1.70. The number of fused-ring (bicyclic) bond motifs is 1. The van der Waals surface area contributed by atoms with E-state index in [0.717, 1.165) is 13.0 Å². The molecule has 0 bridgehead atoms. The van der Waals surface area contributed by atoms with Gasteiger partial charge in [-0.25, -0.2) is 0 Å². The zero-order chi connectivity index (χ0) is 7.14. The first-order valence-corrected chi connectivity index (χ1v) is 3.54. The van der Waals surface area contributed by atoms with E-state index in [1.54, 1.807) is 0 Å². The molecule has 0 unspecified atom stereocenters. The van der Waals surface area contributed by atoms with Gasteiger partial charge >= 0.3 is 5.97 Å². The van der Waals surface area contributed by atoms with Crippen molar-refractivity contribution in [2.24, 2.45) is 11.8 Å². The molecule has 0 aromatic heterocycles. The normalized spacial score (nSPS) is 42.7. The Hall–Kier alpha value is -0.570. The number of hydrogen-bond acceptors (Lipinski definition) is 3. The van der Waals surface area contributed by atoms with E-state index in [1.807, 2.05) is 0 Å². The number of rotatable bonds is 1. The minimum Gasteiger partial charge on any atom is -0.469 e. The van der Waals surface area contributed by atoms with Crippen LogP contribution in [0.1, 0.15) is 6.42 Å². The van der Waals surface area contributed by atoms with Crippen LogP contribution in [0.4, 0.5) is 0 Å². The molecule has 0 radical (unpaired) electrons. The van der Waals surface area contributed by atoms with Gasteiger partial charge in [0.25, 0.3) is 0 Å². The molecule has 10 heavy (non-hydrogen) atoms. The maximum absolute atomic E-state index is 10.9. The largest absolute Gasteiger partial charge is 0.469 e. The third-order valence-corrected chi connectivity index (χ3v) is 2.33. The Bertz CT molecular complexity index is 156. The van der Waals surface area contributed by atoms with Crippen molar-refractivity contribution in [2.45, 2.75) is 12.5 Å². The number of carbonyl (C=O) groups is 1.